The largest absolute Gasteiger partial charge is 0.496 e. The van der Waals surface area contributed by atoms with Crippen molar-refractivity contribution in [3.63, 3.8) is 0 Å². The van der Waals surface area contributed by atoms with Crippen LogP contribution in [-0.4, -0.2) is 16.5 Å². The number of aromatic nitrogens is 2. The minimum absolute atomic E-state index is 0.624. The first-order valence-electron chi connectivity index (χ1n) is 8.28. The van der Waals surface area contributed by atoms with Gasteiger partial charge in [0.2, 0.25) is 5.89 Å². The predicted molar refractivity (Wildman–Crippen MR) is 105 cm³/mol. The molecule has 0 radical (unpaired) electrons. The number of methoxy groups -OCH3 is 1. The molecule has 4 nitrogen and oxygen atoms in total. The summed E-state index contributed by atoms with van der Waals surface area (Å²) in [5.74, 6) is 1.53. The molecule has 0 amide bonds. The van der Waals surface area contributed by atoms with Gasteiger partial charge in [0.25, 0.3) is 0 Å². The monoisotopic (exact) mass is 362 g/mol. The van der Waals surface area contributed by atoms with Crippen LogP contribution < -0.4 is 4.74 Å². The zero-order chi connectivity index (χ0) is 18.1. The standard InChI is InChI=1S/C21H18N2O2S/c1-13-10-17(11-19(24-3)14(13)2)20-18(12-23-26-20)15-4-6-16(7-5-15)21-22-8-9-25-21/h4-12H,1-3H3. The highest BCUT2D eigenvalue weighted by molar-refractivity contribution is 7.10. The van der Waals surface area contributed by atoms with Crippen LogP contribution in [0, 0.1) is 13.8 Å². The summed E-state index contributed by atoms with van der Waals surface area (Å²) in [4.78, 5) is 5.32. The molecular weight excluding hydrogens is 344 g/mol. The summed E-state index contributed by atoms with van der Waals surface area (Å²) < 4.78 is 15.3. The van der Waals surface area contributed by atoms with Gasteiger partial charge in [-0.15, -0.1) is 0 Å². The van der Waals surface area contributed by atoms with Crippen molar-refractivity contribution < 1.29 is 9.15 Å². The number of benzene rings is 2. The number of hydrogen-bond donors (Lipinski definition) is 0. The second-order valence-electron chi connectivity index (χ2n) is 6.10. The lowest BCUT2D eigenvalue weighted by Crippen LogP contribution is -1.91. The number of hydrogen-bond acceptors (Lipinski definition) is 5. The molecule has 0 aliphatic heterocycles. The summed E-state index contributed by atoms with van der Waals surface area (Å²) >= 11 is 1.50. The molecule has 0 unspecified atom stereocenters. The van der Waals surface area contributed by atoms with Crippen molar-refractivity contribution in [1.29, 1.82) is 0 Å². The smallest absolute Gasteiger partial charge is 0.225 e. The minimum atomic E-state index is 0.624. The number of nitrogens with zero attached hydrogens (tertiary/aromatic N) is 2. The molecule has 2 heterocycles. The zero-order valence-electron chi connectivity index (χ0n) is 14.8. The second kappa shape index (κ2) is 6.77. The molecule has 0 aliphatic rings. The van der Waals surface area contributed by atoms with Crippen LogP contribution >= 0.6 is 11.5 Å². The molecule has 4 aromatic rings. The van der Waals surface area contributed by atoms with Gasteiger partial charge in [0.1, 0.15) is 12.0 Å². The Bertz CT molecular complexity index is 1030. The Kier molecular flexibility index (Phi) is 4.31. The normalized spacial score (nSPS) is 10.9. The van der Waals surface area contributed by atoms with Crippen LogP contribution in [0.3, 0.4) is 0 Å². The van der Waals surface area contributed by atoms with Gasteiger partial charge in [0.15, 0.2) is 0 Å². The number of rotatable bonds is 4. The van der Waals surface area contributed by atoms with Gasteiger partial charge in [-0.05, 0) is 65.8 Å². The van der Waals surface area contributed by atoms with Crippen molar-refractivity contribution in [2.24, 2.45) is 0 Å². The summed E-state index contributed by atoms with van der Waals surface area (Å²) in [6.07, 6.45) is 5.15. The quantitative estimate of drug-likeness (QED) is 0.463. The molecule has 0 atom stereocenters. The Labute approximate surface area is 156 Å². The van der Waals surface area contributed by atoms with Crippen LogP contribution in [0.2, 0.25) is 0 Å². The van der Waals surface area contributed by atoms with E-state index in [9.17, 15) is 0 Å². The summed E-state index contributed by atoms with van der Waals surface area (Å²) in [7, 11) is 1.71. The van der Waals surface area contributed by atoms with Gasteiger partial charge in [0, 0.05) is 17.3 Å². The van der Waals surface area contributed by atoms with E-state index < -0.39 is 0 Å². The van der Waals surface area contributed by atoms with Gasteiger partial charge in [0.05, 0.1) is 18.2 Å². The molecule has 2 aromatic carbocycles. The Morgan fingerprint density at radius 1 is 1.00 bits per heavy atom. The Morgan fingerprint density at radius 2 is 1.77 bits per heavy atom. The molecule has 0 N–H and O–H groups in total. The van der Waals surface area contributed by atoms with Crippen molar-refractivity contribution in [1.82, 2.24) is 9.36 Å². The van der Waals surface area contributed by atoms with Crippen molar-refractivity contribution in [2.45, 2.75) is 13.8 Å². The lowest BCUT2D eigenvalue weighted by atomic mass is 9.99. The molecular formula is C21H18N2O2S. The SMILES string of the molecule is COc1cc(-c2sncc2-c2ccc(-c3ncco3)cc2)cc(C)c1C. The van der Waals surface area contributed by atoms with E-state index in [0.717, 1.165) is 38.4 Å². The topological polar surface area (TPSA) is 48.2 Å². The third kappa shape index (κ3) is 2.91. The van der Waals surface area contributed by atoms with Gasteiger partial charge >= 0.3 is 0 Å². The van der Waals surface area contributed by atoms with E-state index in [-0.39, 0.29) is 0 Å². The molecule has 0 saturated heterocycles. The lowest BCUT2D eigenvalue weighted by molar-refractivity contribution is 0.411. The first kappa shape index (κ1) is 16.5. The first-order chi connectivity index (χ1) is 12.7. The minimum Gasteiger partial charge on any atom is -0.496 e. The van der Waals surface area contributed by atoms with Crippen molar-refractivity contribution >= 4 is 11.5 Å². The Balaban J connectivity index is 1.75. The van der Waals surface area contributed by atoms with E-state index in [1.165, 1.54) is 17.1 Å². The van der Waals surface area contributed by atoms with Gasteiger partial charge in [-0.1, -0.05) is 18.2 Å². The van der Waals surface area contributed by atoms with Crippen LogP contribution in [-0.2, 0) is 0 Å². The van der Waals surface area contributed by atoms with Crippen molar-refractivity contribution in [2.75, 3.05) is 7.11 Å². The summed E-state index contributed by atoms with van der Waals surface area (Å²) in [6, 6.07) is 12.5. The molecule has 0 spiro atoms. The van der Waals surface area contributed by atoms with Crippen LogP contribution in [0.4, 0.5) is 0 Å². The number of oxazole rings is 1. The number of aryl methyl sites for hydroxylation is 1. The maximum Gasteiger partial charge on any atom is 0.225 e. The van der Waals surface area contributed by atoms with Gasteiger partial charge in [-0.25, -0.2) is 4.98 Å². The molecule has 2 aromatic heterocycles. The van der Waals surface area contributed by atoms with Gasteiger partial charge in [-0.3, -0.25) is 0 Å². The van der Waals surface area contributed by atoms with Gasteiger partial charge in [-0.2, -0.15) is 4.37 Å². The van der Waals surface area contributed by atoms with Crippen LogP contribution in [0.5, 0.6) is 5.75 Å². The van der Waals surface area contributed by atoms with E-state index in [0.29, 0.717) is 5.89 Å². The molecule has 0 saturated carbocycles. The fourth-order valence-electron chi connectivity index (χ4n) is 2.98. The first-order valence-corrected chi connectivity index (χ1v) is 9.05. The highest BCUT2D eigenvalue weighted by Gasteiger charge is 2.14. The average molecular weight is 362 g/mol. The second-order valence-corrected chi connectivity index (χ2v) is 6.91. The van der Waals surface area contributed by atoms with Crippen LogP contribution in [0.25, 0.3) is 33.0 Å². The molecule has 0 aliphatic carbocycles. The van der Waals surface area contributed by atoms with Crippen molar-refractivity contribution in [3.05, 3.63) is 66.2 Å². The fraction of sp³-hybridized carbons (Fsp3) is 0.143. The van der Waals surface area contributed by atoms with E-state index >= 15 is 0 Å². The van der Waals surface area contributed by atoms with Crippen LogP contribution in [0.1, 0.15) is 11.1 Å². The van der Waals surface area contributed by atoms with Crippen molar-refractivity contribution in [3.8, 4) is 38.8 Å². The molecule has 4 rings (SSSR count). The zero-order valence-corrected chi connectivity index (χ0v) is 15.6. The third-order valence-corrected chi connectivity index (χ3v) is 5.40. The van der Waals surface area contributed by atoms with E-state index in [4.69, 9.17) is 9.15 Å². The fourth-order valence-corrected chi connectivity index (χ4v) is 3.74. The maximum absolute atomic E-state index is 5.53. The highest BCUT2D eigenvalue weighted by atomic mass is 32.1. The summed E-state index contributed by atoms with van der Waals surface area (Å²) in [5.41, 5.74) is 6.67. The lowest BCUT2D eigenvalue weighted by Gasteiger charge is -2.11. The molecule has 26 heavy (non-hydrogen) atoms. The van der Waals surface area contributed by atoms with Gasteiger partial charge < -0.3 is 9.15 Å². The number of ether oxygens (including phenoxy) is 1. The molecule has 0 bridgehead atoms. The highest BCUT2D eigenvalue weighted by Crippen LogP contribution is 2.38. The molecule has 0 fully saturated rings. The molecule has 130 valence electrons. The predicted octanol–water partition coefficient (Wildman–Crippen LogP) is 5.76. The summed E-state index contributed by atoms with van der Waals surface area (Å²) in [6.45, 7) is 4.18. The Morgan fingerprint density at radius 3 is 2.46 bits per heavy atom. The maximum atomic E-state index is 5.53. The molecule has 5 heteroatoms. The summed E-state index contributed by atoms with van der Waals surface area (Å²) in [5, 5.41) is 0. The third-order valence-electron chi connectivity index (χ3n) is 4.55. The van der Waals surface area contributed by atoms with Crippen LogP contribution in [0.15, 0.2) is 59.5 Å². The Hall–Kier alpha value is -2.92. The van der Waals surface area contributed by atoms with E-state index in [1.54, 1.807) is 19.6 Å². The van der Waals surface area contributed by atoms with E-state index in [2.05, 4.69) is 47.5 Å². The van der Waals surface area contributed by atoms with E-state index in [1.807, 2.05) is 18.3 Å². The average Bonchev–Trinajstić information content (AvgIpc) is 3.36.